The van der Waals surface area contributed by atoms with E-state index in [1.807, 2.05) is 36.4 Å². The van der Waals surface area contributed by atoms with Crippen molar-refractivity contribution in [3.8, 4) is 33.8 Å². The summed E-state index contributed by atoms with van der Waals surface area (Å²) in [7, 11) is 0. The van der Waals surface area contributed by atoms with E-state index >= 15 is 0 Å². The van der Waals surface area contributed by atoms with E-state index in [1.165, 1.54) is 11.1 Å². The van der Waals surface area contributed by atoms with Gasteiger partial charge in [0.15, 0.2) is 0 Å². The van der Waals surface area contributed by atoms with Gasteiger partial charge in [-0.05, 0) is 59.0 Å². The number of para-hydroxylation sites is 2. The molecular weight excluding hydrogens is 470 g/mol. The molecule has 0 aliphatic carbocycles. The summed E-state index contributed by atoms with van der Waals surface area (Å²) in [6, 6.07) is 33.2. The van der Waals surface area contributed by atoms with Crippen LogP contribution in [0.3, 0.4) is 0 Å². The van der Waals surface area contributed by atoms with Crippen molar-refractivity contribution in [2.75, 3.05) is 12.3 Å². The summed E-state index contributed by atoms with van der Waals surface area (Å²) in [6.07, 6.45) is -3.23. The third kappa shape index (κ3) is 3.21. The lowest BCUT2D eigenvalue weighted by Crippen LogP contribution is -2.24. The molecule has 0 bridgehead atoms. The molecular formula is C26H20O2P2S2. The van der Waals surface area contributed by atoms with Crippen LogP contribution in [-0.4, -0.2) is 12.3 Å². The van der Waals surface area contributed by atoms with Crippen LogP contribution >= 0.6 is 12.5 Å². The molecule has 0 amide bonds. The lowest BCUT2D eigenvalue weighted by molar-refractivity contribution is 0.611. The van der Waals surface area contributed by atoms with Crippen LogP contribution in [0.2, 0.25) is 0 Å². The first-order chi connectivity index (χ1) is 15.6. The van der Waals surface area contributed by atoms with Crippen LogP contribution in [0.15, 0.2) is 97.1 Å². The van der Waals surface area contributed by atoms with Crippen LogP contribution < -0.4 is 19.7 Å². The number of benzene rings is 4. The Labute approximate surface area is 198 Å². The van der Waals surface area contributed by atoms with Crippen molar-refractivity contribution >= 4 is 46.8 Å². The SMILES string of the molecule is S=P1(CCP2(=S)Oc3ccccc3-c3ccccc32)Oc2ccccc2-c2ccccc21. The Hall–Kier alpha value is -2.22. The third-order valence-electron chi connectivity index (χ3n) is 6.08. The zero-order valence-electron chi connectivity index (χ0n) is 17.2. The summed E-state index contributed by atoms with van der Waals surface area (Å²) in [5.74, 6) is 1.75. The van der Waals surface area contributed by atoms with Gasteiger partial charge in [-0.25, -0.2) is 0 Å². The first kappa shape index (κ1) is 20.4. The first-order valence-electron chi connectivity index (χ1n) is 10.5. The fraction of sp³-hybridized carbons (Fsp3) is 0.0769. The molecule has 2 unspecified atom stereocenters. The molecule has 2 nitrogen and oxygen atoms in total. The van der Waals surface area contributed by atoms with Gasteiger partial charge in [-0.1, -0.05) is 72.8 Å². The van der Waals surface area contributed by atoms with Gasteiger partial charge in [-0.3, -0.25) is 0 Å². The van der Waals surface area contributed by atoms with Gasteiger partial charge in [0.25, 0.3) is 0 Å². The summed E-state index contributed by atoms with van der Waals surface area (Å²) in [5.41, 5.74) is 4.59. The maximum atomic E-state index is 6.58. The van der Waals surface area contributed by atoms with Crippen molar-refractivity contribution in [2.24, 2.45) is 0 Å². The quantitative estimate of drug-likeness (QED) is 0.303. The van der Waals surface area contributed by atoms with E-state index in [0.717, 1.165) is 33.2 Å². The summed E-state index contributed by atoms with van der Waals surface area (Å²) in [4.78, 5) is 0. The molecule has 2 atom stereocenters. The predicted molar refractivity (Wildman–Crippen MR) is 143 cm³/mol. The highest BCUT2D eigenvalue weighted by Gasteiger charge is 2.37. The Morgan fingerprint density at radius 2 is 0.812 bits per heavy atom. The standard InChI is InChI=1S/C26H20O2P2S2/c31-29(25-15-7-3-11-21(25)19-9-1-5-13-23(19)27-29)17-18-30(32)26-16-8-4-12-22(26)20-10-2-6-14-24(20)28-30/h1-16H,17-18H2. The molecule has 0 saturated carbocycles. The first-order valence-corrected chi connectivity index (χ1v) is 16.3. The van der Waals surface area contributed by atoms with Crippen molar-refractivity contribution in [3.05, 3.63) is 97.1 Å². The van der Waals surface area contributed by atoms with Gasteiger partial charge >= 0.3 is 0 Å². The van der Waals surface area contributed by atoms with Gasteiger partial charge in [-0.15, -0.1) is 0 Å². The van der Waals surface area contributed by atoms with Crippen molar-refractivity contribution in [1.29, 1.82) is 0 Å². The van der Waals surface area contributed by atoms with Gasteiger partial charge in [-0.2, -0.15) is 0 Å². The molecule has 4 aromatic carbocycles. The van der Waals surface area contributed by atoms with Gasteiger partial charge in [0.05, 0.1) is 0 Å². The maximum absolute atomic E-state index is 6.58. The molecule has 0 saturated heterocycles. The molecule has 0 radical (unpaired) electrons. The van der Waals surface area contributed by atoms with Crippen molar-refractivity contribution in [1.82, 2.24) is 0 Å². The highest BCUT2D eigenvalue weighted by molar-refractivity contribution is 8.18. The minimum Gasteiger partial charge on any atom is -0.461 e. The fourth-order valence-electron chi connectivity index (χ4n) is 4.55. The van der Waals surface area contributed by atoms with Crippen molar-refractivity contribution in [3.63, 3.8) is 0 Å². The predicted octanol–water partition coefficient (Wildman–Crippen LogP) is 6.55. The molecule has 0 N–H and O–H groups in total. The van der Waals surface area contributed by atoms with E-state index in [1.54, 1.807) is 0 Å². The second-order valence-electron chi connectivity index (χ2n) is 8.00. The number of hydrogen-bond acceptors (Lipinski definition) is 4. The second-order valence-corrected chi connectivity index (χ2v) is 16.5. The molecule has 0 fully saturated rings. The van der Waals surface area contributed by atoms with E-state index in [0.29, 0.717) is 12.3 Å². The van der Waals surface area contributed by atoms with E-state index in [-0.39, 0.29) is 0 Å². The Balaban J connectivity index is 1.40. The van der Waals surface area contributed by atoms with Crippen molar-refractivity contribution < 1.29 is 9.05 Å². The van der Waals surface area contributed by atoms with E-state index in [4.69, 9.17) is 32.7 Å². The number of rotatable bonds is 3. The molecule has 6 heteroatoms. The average Bonchev–Trinajstić information content (AvgIpc) is 2.84. The third-order valence-corrected chi connectivity index (χ3v) is 14.0. The van der Waals surface area contributed by atoms with Gasteiger partial charge in [0, 0.05) is 34.1 Å². The number of hydrogen-bond donors (Lipinski definition) is 0. The zero-order chi connectivity index (χ0) is 21.8. The molecule has 2 aliphatic heterocycles. The largest absolute Gasteiger partial charge is 0.461 e. The molecule has 0 spiro atoms. The zero-order valence-corrected chi connectivity index (χ0v) is 20.6. The van der Waals surface area contributed by atoms with Crippen LogP contribution in [0.1, 0.15) is 0 Å². The highest BCUT2D eigenvalue weighted by Crippen LogP contribution is 2.60. The normalized spacial score (nSPS) is 22.4. The summed E-state index contributed by atoms with van der Waals surface area (Å²) < 4.78 is 13.2. The summed E-state index contributed by atoms with van der Waals surface area (Å²) in [5, 5.41) is 2.28. The molecule has 2 aliphatic rings. The summed E-state index contributed by atoms with van der Waals surface area (Å²) in [6.45, 7) is 0. The fourth-order valence-corrected chi connectivity index (χ4v) is 13.1. The second kappa shape index (κ2) is 7.68. The minimum atomic E-state index is -2.33. The van der Waals surface area contributed by atoms with Crippen LogP contribution in [-0.2, 0) is 23.6 Å². The van der Waals surface area contributed by atoms with Crippen molar-refractivity contribution in [2.45, 2.75) is 0 Å². The lowest BCUT2D eigenvalue weighted by Gasteiger charge is -2.35. The lowest BCUT2D eigenvalue weighted by atomic mass is 10.0. The molecule has 158 valence electrons. The Kier molecular flexibility index (Phi) is 4.89. The van der Waals surface area contributed by atoms with Crippen LogP contribution in [0.4, 0.5) is 0 Å². The van der Waals surface area contributed by atoms with Gasteiger partial charge < -0.3 is 9.05 Å². The monoisotopic (exact) mass is 490 g/mol. The summed E-state index contributed by atoms with van der Waals surface area (Å²) >= 11 is 12.6. The molecule has 32 heavy (non-hydrogen) atoms. The van der Waals surface area contributed by atoms with E-state index < -0.39 is 12.5 Å². The van der Waals surface area contributed by atoms with E-state index in [9.17, 15) is 0 Å². The van der Waals surface area contributed by atoms with Crippen LogP contribution in [0.25, 0.3) is 22.3 Å². The van der Waals surface area contributed by atoms with Gasteiger partial charge in [0.2, 0.25) is 0 Å². The molecule has 0 aromatic heterocycles. The van der Waals surface area contributed by atoms with Crippen LogP contribution in [0, 0.1) is 0 Å². The molecule has 4 aromatic rings. The molecule has 2 heterocycles. The van der Waals surface area contributed by atoms with Gasteiger partial charge in [0.1, 0.15) is 24.0 Å². The molecule has 6 rings (SSSR count). The topological polar surface area (TPSA) is 18.5 Å². The Morgan fingerprint density at radius 1 is 0.469 bits per heavy atom. The Bertz CT molecular complexity index is 1350. The smallest absolute Gasteiger partial charge is 0.144 e. The van der Waals surface area contributed by atoms with Crippen LogP contribution in [0.5, 0.6) is 11.5 Å². The maximum Gasteiger partial charge on any atom is 0.144 e. The highest BCUT2D eigenvalue weighted by atomic mass is 32.5. The average molecular weight is 491 g/mol. The minimum absolute atomic E-state index is 0.710. The number of fused-ring (bicyclic) bond motifs is 6. The Morgan fingerprint density at radius 3 is 1.25 bits per heavy atom. The van der Waals surface area contributed by atoms with E-state index in [2.05, 4.69) is 60.7 Å².